The smallest absolute Gasteiger partial charge is 0.192 e. The van der Waals surface area contributed by atoms with Crippen molar-refractivity contribution in [1.82, 2.24) is 0 Å². The standard InChI is InChI=1S/C6H9F2I/c1-6(2,3)4(7)5(8)9/h1-3H3/b5-4-. The molecule has 0 N–H and O–H groups in total. The van der Waals surface area contributed by atoms with Crippen molar-refractivity contribution in [3.05, 3.63) is 9.66 Å². The predicted octanol–water partition coefficient (Wildman–Crippen LogP) is 3.58. The molecule has 0 spiro atoms. The van der Waals surface area contributed by atoms with E-state index in [1.807, 2.05) is 0 Å². The van der Waals surface area contributed by atoms with E-state index in [0.717, 1.165) is 0 Å². The molecule has 9 heavy (non-hydrogen) atoms. The first-order valence-electron chi connectivity index (χ1n) is 2.57. The molecule has 0 aromatic heterocycles. The predicted molar refractivity (Wildman–Crippen MR) is 42.7 cm³/mol. The first-order chi connectivity index (χ1) is 3.85. The summed E-state index contributed by atoms with van der Waals surface area (Å²) in [6.45, 7) is 4.88. The largest absolute Gasteiger partial charge is 0.207 e. The Hall–Kier alpha value is 0.330. The molecular weight excluding hydrogens is 237 g/mol. The van der Waals surface area contributed by atoms with E-state index in [9.17, 15) is 8.78 Å². The van der Waals surface area contributed by atoms with E-state index in [0.29, 0.717) is 0 Å². The van der Waals surface area contributed by atoms with Crippen molar-refractivity contribution in [2.75, 3.05) is 0 Å². The van der Waals surface area contributed by atoms with Crippen LogP contribution in [0.15, 0.2) is 9.66 Å². The first kappa shape index (κ1) is 9.33. The van der Waals surface area contributed by atoms with E-state index in [2.05, 4.69) is 0 Å². The summed E-state index contributed by atoms with van der Waals surface area (Å²) in [7, 11) is 0. The number of allylic oxidation sites excluding steroid dienone is 1. The zero-order chi connectivity index (χ0) is 7.65. The van der Waals surface area contributed by atoms with Crippen LogP contribution >= 0.6 is 22.6 Å². The highest BCUT2D eigenvalue weighted by atomic mass is 127. The van der Waals surface area contributed by atoms with Crippen LogP contribution < -0.4 is 0 Å². The highest BCUT2D eigenvalue weighted by Gasteiger charge is 2.20. The van der Waals surface area contributed by atoms with Gasteiger partial charge in [0.15, 0.2) is 3.83 Å². The molecule has 0 bridgehead atoms. The Balaban J connectivity index is 4.40. The van der Waals surface area contributed by atoms with Gasteiger partial charge in [-0.1, -0.05) is 20.8 Å². The lowest BCUT2D eigenvalue weighted by Gasteiger charge is -2.14. The summed E-state index contributed by atoms with van der Waals surface area (Å²) in [5, 5.41) is 0. The molecular formula is C6H9F2I. The summed E-state index contributed by atoms with van der Waals surface area (Å²) >= 11 is 1.33. The molecule has 0 unspecified atom stereocenters. The molecule has 3 heteroatoms. The minimum Gasteiger partial charge on any atom is -0.207 e. The molecule has 0 fully saturated rings. The van der Waals surface area contributed by atoms with Crippen molar-refractivity contribution in [2.45, 2.75) is 20.8 Å². The van der Waals surface area contributed by atoms with Gasteiger partial charge in [0.1, 0.15) is 5.83 Å². The van der Waals surface area contributed by atoms with Crippen LogP contribution in [0.4, 0.5) is 8.78 Å². The van der Waals surface area contributed by atoms with Gasteiger partial charge in [-0.25, -0.2) is 4.39 Å². The number of rotatable bonds is 0. The van der Waals surface area contributed by atoms with E-state index in [1.165, 1.54) is 22.6 Å². The summed E-state index contributed by atoms with van der Waals surface area (Å²) in [5.74, 6) is -0.678. The van der Waals surface area contributed by atoms with Gasteiger partial charge in [-0.15, -0.1) is 0 Å². The van der Waals surface area contributed by atoms with Crippen LogP contribution in [0.3, 0.4) is 0 Å². The fourth-order valence-electron chi connectivity index (χ4n) is 0.283. The van der Waals surface area contributed by atoms with Crippen LogP contribution in [0.2, 0.25) is 0 Å². The summed E-state index contributed by atoms with van der Waals surface area (Å²) in [4.78, 5) is 0. The number of halogens is 3. The van der Waals surface area contributed by atoms with Crippen molar-refractivity contribution >= 4 is 22.6 Å². The lowest BCUT2D eigenvalue weighted by atomic mass is 9.96. The van der Waals surface area contributed by atoms with E-state index < -0.39 is 15.1 Å². The van der Waals surface area contributed by atoms with Crippen LogP contribution in [-0.4, -0.2) is 0 Å². The molecule has 0 heterocycles. The average molecular weight is 246 g/mol. The maximum absolute atomic E-state index is 12.5. The Morgan fingerprint density at radius 2 is 1.56 bits per heavy atom. The molecule has 0 atom stereocenters. The minimum absolute atomic E-state index is 0.678. The number of hydrogen-bond donors (Lipinski definition) is 0. The second-order valence-corrected chi connectivity index (χ2v) is 3.77. The molecule has 0 aromatic carbocycles. The van der Waals surface area contributed by atoms with Gasteiger partial charge in [-0.05, 0) is 22.6 Å². The second kappa shape index (κ2) is 2.94. The van der Waals surface area contributed by atoms with Crippen LogP contribution in [-0.2, 0) is 0 Å². The maximum Gasteiger partial charge on any atom is 0.192 e. The van der Waals surface area contributed by atoms with Gasteiger partial charge in [0.25, 0.3) is 0 Å². The normalized spacial score (nSPS) is 15.3. The fraction of sp³-hybridized carbons (Fsp3) is 0.667. The van der Waals surface area contributed by atoms with Gasteiger partial charge in [0.2, 0.25) is 0 Å². The van der Waals surface area contributed by atoms with Crippen LogP contribution in [0.25, 0.3) is 0 Å². The Kier molecular flexibility index (Phi) is 3.05. The van der Waals surface area contributed by atoms with E-state index in [4.69, 9.17) is 0 Å². The second-order valence-electron chi connectivity index (χ2n) is 2.82. The fourth-order valence-corrected chi connectivity index (χ4v) is 1.09. The topological polar surface area (TPSA) is 0 Å². The van der Waals surface area contributed by atoms with Crippen molar-refractivity contribution in [1.29, 1.82) is 0 Å². The van der Waals surface area contributed by atoms with Crippen molar-refractivity contribution in [3.8, 4) is 0 Å². The highest BCUT2D eigenvalue weighted by Crippen LogP contribution is 2.31. The maximum atomic E-state index is 12.5. The summed E-state index contributed by atoms with van der Waals surface area (Å²) < 4.78 is 23.9. The molecule has 0 rings (SSSR count). The van der Waals surface area contributed by atoms with E-state index >= 15 is 0 Å². The third kappa shape index (κ3) is 3.13. The molecule has 0 aliphatic carbocycles. The SMILES string of the molecule is CC(C)(C)/C(F)=C(\F)I. The van der Waals surface area contributed by atoms with Gasteiger partial charge in [-0.3, -0.25) is 0 Å². The Labute approximate surface area is 67.5 Å². The molecule has 0 saturated heterocycles. The molecule has 0 aromatic rings. The first-order valence-corrected chi connectivity index (χ1v) is 3.65. The Morgan fingerprint density at radius 3 is 1.56 bits per heavy atom. The summed E-state index contributed by atoms with van der Waals surface area (Å²) in [6, 6.07) is 0. The summed E-state index contributed by atoms with van der Waals surface area (Å²) in [6.07, 6.45) is 0. The van der Waals surface area contributed by atoms with E-state index in [-0.39, 0.29) is 0 Å². The lowest BCUT2D eigenvalue weighted by Crippen LogP contribution is -2.05. The molecule has 0 aliphatic rings. The molecule has 0 radical (unpaired) electrons. The summed E-state index contributed by atoms with van der Waals surface area (Å²) in [5.41, 5.74) is -0.689. The van der Waals surface area contributed by atoms with Crippen LogP contribution in [0, 0.1) is 5.41 Å². The third-order valence-corrected chi connectivity index (χ3v) is 1.30. The molecule has 0 aliphatic heterocycles. The zero-order valence-electron chi connectivity index (χ0n) is 5.63. The van der Waals surface area contributed by atoms with Crippen molar-refractivity contribution in [2.24, 2.45) is 5.41 Å². The average Bonchev–Trinajstić information content (AvgIpc) is 1.62. The van der Waals surface area contributed by atoms with Crippen molar-refractivity contribution < 1.29 is 8.78 Å². The molecule has 0 saturated carbocycles. The lowest BCUT2D eigenvalue weighted by molar-refractivity contribution is 0.367. The minimum atomic E-state index is -0.750. The van der Waals surface area contributed by atoms with Gasteiger partial charge in [0.05, 0.1) is 0 Å². The molecule has 54 valence electrons. The Morgan fingerprint density at radius 1 is 1.22 bits per heavy atom. The highest BCUT2D eigenvalue weighted by molar-refractivity contribution is 14.1. The zero-order valence-corrected chi connectivity index (χ0v) is 7.79. The third-order valence-electron chi connectivity index (χ3n) is 0.824. The molecule has 0 nitrogen and oxygen atoms in total. The monoisotopic (exact) mass is 246 g/mol. The van der Waals surface area contributed by atoms with E-state index in [1.54, 1.807) is 20.8 Å². The van der Waals surface area contributed by atoms with Gasteiger partial charge >= 0.3 is 0 Å². The van der Waals surface area contributed by atoms with Gasteiger partial charge in [0, 0.05) is 5.41 Å². The van der Waals surface area contributed by atoms with Gasteiger partial charge in [-0.2, -0.15) is 4.39 Å². The molecule has 0 amide bonds. The van der Waals surface area contributed by atoms with Gasteiger partial charge < -0.3 is 0 Å². The van der Waals surface area contributed by atoms with Crippen LogP contribution in [0.1, 0.15) is 20.8 Å². The van der Waals surface area contributed by atoms with Crippen molar-refractivity contribution in [3.63, 3.8) is 0 Å². The Bertz CT molecular complexity index is 128. The number of hydrogen-bond acceptors (Lipinski definition) is 0. The quantitative estimate of drug-likeness (QED) is 0.573. The van der Waals surface area contributed by atoms with Crippen LogP contribution in [0.5, 0.6) is 0 Å².